The molecule has 0 saturated carbocycles. The Balaban J connectivity index is 2.38. The minimum absolute atomic E-state index is 0.771. The topological polar surface area (TPSA) is 6.48 Å². The molecular formula is C26H28N2. The molecule has 2 heteroatoms. The van der Waals surface area contributed by atoms with E-state index in [4.69, 9.17) is 0 Å². The van der Waals surface area contributed by atoms with Gasteiger partial charge in [0.05, 0.1) is 0 Å². The summed E-state index contributed by atoms with van der Waals surface area (Å²) in [6, 6.07) is 17.4. The molecule has 0 N–H and O–H groups in total. The third-order valence-electron chi connectivity index (χ3n) is 4.92. The highest BCUT2D eigenvalue weighted by atomic mass is 15.1. The maximum Gasteiger partial charge on any atom is 0.0458 e. The van der Waals surface area contributed by atoms with E-state index in [1.165, 1.54) is 32.9 Å². The highest BCUT2D eigenvalue weighted by Crippen LogP contribution is 2.39. The normalized spacial score (nSPS) is 10.6. The van der Waals surface area contributed by atoms with Gasteiger partial charge in [-0.05, 0) is 22.9 Å². The smallest absolute Gasteiger partial charge is 0.0458 e. The maximum atomic E-state index is 3.94. The predicted octanol–water partition coefficient (Wildman–Crippen LogP) is 6.35. The van der Waals surface area contributed by atoms with Gasteiger partial charge in [0, 0.05) is 48.3 Å². The van der Waals surface area contributed by atoms with Crippen molar-refractivity contribution >= 4 is 32.9 Å². The minimum atomic E-state index is 0.771. The number of rotatable bonds is 10. The van der Waals surface area contributed by atoms with Crippen molar-refractivity contribution in [3.63, 3.8) is 0 Å². The molecule has 0 amide bonds. The van der Waals surface area contributed by atoms with Crippen LogP contribution < -0.4 is 9.80 Å². The second kappa shape index (κ2) is 9.09. The van der Waals surface area contributed by atoms with Crippen LogP contribution in [0.4, 0.5) is 11.4 Å². The van der Waals surface area contributed by atoms with E-state index in [0.717, 1.165) is 26.2 Å². The largest absolute Gasteiger partial charge is 0.364 e. The van der Waals surface area contributed by atoms with Gasteiger partial charge in [0.2, 0.25) is 0 Å². The van der Waals surface area contributed by atoms with Crippen molar-refractivity contribution in [2.75, 3.05) is 36.0 Å². The molecule has 0 aliphatic heterocycles. The van der Waals surface area contributed by atoms with E-state index >= 15 is 0 Å². The molecule has 0 radical (unpaired) electrons. The molecule has 3 aromatic rings. The van der Waals surface area contributed by atoms with Crippen LogP contribution in [0.1, 0.15) is 0 Å². The van der Waals surface area contributed by atoms with Gasteiger partial charge in [-0.3, -0.25) is 0 Å². The van der Waals surface area contributed by atoms with Crippen LogP contribution in [-0.2, 0) is 0 Å². The van der Waals surface area contributed by atoms with E-state index in [0.29, 0.717) is 0 Å². The third-order valence-corrected chi connectivity index (χ3v) is 4.92. The number of hydrogen-bond acceptors (Lipinski definition) is 2. The van der Waals surface area contributed by atoms with Gasteiger partial charge < -0.3 is 9.80 Å². The number of fused-ring (bicyclic) bond motifs is 3. The summed E-state index contributed by atoms with van der Waals surface area (Å²) >= 11 is 0. The molecule has 3 rings (SSSR count). The zero-order valence-corrected chi connectivity index (χ0v) is 16.5. The molecule has 142 valence electrons. The summed E-state index contributed by atoms with van der Waals surface area (Å²) in [5, 5.41) is 4.98. The molecule has 28 heavy (non-hydrogen) atoms. The van der Waals surface area contributed by atoms with Crippen molar-refractivity contribution in [3.05, 3.63) is 99.2 Å². The van der Waals surface area contributed by atoms with E-state index in [-0.39, 0.29) is 0 Å². The van der Waals surface area contributed by atoms with Crippen molar-refractivity contribution < 1.29 is 0 Å². The zero-order chi connectivity index (χ0) is 19.9. The molecule has 0 bridgehead atoms. The Labute approximate surface area is 168 Å². The Morgan fingerprint density at radius 2 is 0.893 bits per heavy atom. The second-order valence-electron chi connectivity index (χ2n) is 6.78. The van der Waals surface area contributed by atoms with Gasteiger partial charge in [-0.25, -0.2) is 0 Å². The first kappa shape index (κ1) is 19.5. The van der Waals surface area contributed by atoms with Gasteiger partial charge in [-0.2, -0.15) is 0 Å². The first-order chi connectivity index (χ1) is 13.7. The molecular weight excluding hydrogens is 340 g/mol. The Bertz CT molecular complexity index is 913. The van der Waals surface area contributed by atoms with Gasteiger partial charge >= 0.3 is 0 Å². The van der Waals surface area contributed by atoms with Crippen LogP contribution in [-0.4, -0.2) is 26.2 Å². The van der Waals surface area contributed by atoms with Crippen LogP contribution in [0.5, 0.6) is 0 Å². The summed E-state index contributed by atoms with van der Waals surface area (Å²) in [4.78, 5) is 4.62. The number of nitrogens with zero attached hydrogens (tertiary/aromatic N) is 2. The fourth-order valence-corrected chi connectivity index (χ4v) is 3.81. The summed E-state index contributed by atoms with van der Waals surface area (Å²) in [7, 11) is 0. The molecule has 0 saturated heterocycles. The highest BCUT2D eigenvalue weighted by molar-refractivity contribution is 6.18. The van der Waals surface area contributed by atoms with Gasteiger partial charge in [0.25, 0.3) is 0 Å². The summed E-state index contributed by atoms with van der Waals surface area (Å²) < 4.78 is 0. The fraction of sp³-hybridized carbons (Fsp3) is 0.154. The van der Waals surface area contributed by atoms with Crippen LogP contribution in [0.2, 0.25) is 0 Å². The van der Waals surface area contributed by atoms with Crippen molar-refractivity contribution in [1.29, 1.82) is 0 Å². The number of benzene rings is 3. The molecule has 0 unspecified atom stereocenters. The number of hydrogen-bond donors (Lipinski definition) is 0. The Morgan fingerprint density at radius 3 is 1.21 bits per heavy atom. The lowest BCUT2D eigenvalue weighted by Crippen LogP contribution is -2.24. The van der Waals surface area contributed by atoms with Crippen LogP contribution >= 0.6 is 0 Å². The summed E-state index contributed by atoms with van der Waals surface area (Å²) in [6.07, 6.45) is 7.76. The quantitative estimate of drug-likeness (QED) is 0.304. The van der Waals surface area contributed by atoms with E-state index < -0.39 is 0 Å². The molecule has 0 fully saturated rings. The molecule has 0 spiro atoms. The van der Waals surface area contributed by atoms with Crippen LogP contribution in [0, 0.1) is 0 Å². The van der Waals surface area contributed by atoms with Crippen LogP contribution in [0.15, 0.2) is 99.2 Å². The second-order valence-corrected chi connectivity index (χ2v) is 6.78. The van der Waals surface area contributed by atoms with Crippen LogP contribution in [0.3, 0.4) is 0 Å². The number of anilines is 2. The van der Waals surface area contributed by atoms with Crippen molar-refractivity contribution in [3.8, 4) is 0 Å². The summed E-state index contributed by atoms with van der Waals surface area (Å²) in [5.74, 6) is 0. The molecule has 2 nitrogen and oxygen atoms in total. The summed E-state index contributed by atoms with van der Waals surface area (Å²) in [6.45, 7) is 18.8. The lowest BCUT2D eigenvalue weighted by molar-refractivity contribution is 0.959. The van der Waals surface area contributed by atoms with Gasteiger partial charge in [-0.1, -0.05) is 60.7 Å². The zero-order valence-electron chi connectivity index (χ0n) is 16.5. The molecule has 0 aromatic heterocycles. The molecule has 3 aromatic carbocycles. The van der Waals surface area contributed by atoms with Gasteiger partial charge in [0.1, 0.15) is 0 Å². The first-order valence-corrected chi connectivity index (χ1v) is 9.63. The summed E-state index contributed by atoms with van der Waals surface area (Å²) in [5.41, 5.74) is 2.40. The Hall–Kier alpha value is -3.26. The fourth-order valence-electron chi connectivity index (χ4n) is 3.81. The Kier molecular flexibility index (Phi) is 6.33. The van der Waals surface area contributed by atoms with E-state index in [9.17, 15) is 0 Å². The predicted molar refractivity (Wildman–Crippen MR) is 127 cm³/mol. The standard InChI is InChI=1S/C26H28N2/c1-5-17-27(18-6-2)23-13-9-11-21-15-16-22-12-10-14-24(26(22)25(21)23)28(19-7-3)20-8-4/h5-16H,1-4,17-20H2. The lowest BCUT2D eigenvalue weighted by Gasteiger charge is -2.27. The highest BCUT2D eigenvalue weighted by Gasteiger charge is 2.15. The van der Waals surface area contributed by atoms with Crippen molar-refractivity contribution in [1.82, 2.24) is 0 Å². The average molecular weight is 369 g/mol. The van der Waals surface area contributed by atoms with Crippen molar-refractivity contribution in [2.24, 2.45) is 0 Å². The van der Waals surface area contributed by atoms with E-state index in [1.807, 2.05) is 24.3 Å². The monoisotopic (exact) mass is 368 g/mol. The SMILES string of the molecule is C=CCN(CC=C)c1cccc2ccc3cccc(N(CC=C)CC=C)c3c12. The molecule has 0 aliphatic rings. The van der Waals surface area contributed by atoms with Gasteiger partial charge in [-0.15, -0.1) is 26.3 Å². The minimum Gasteiger partial charge on any atom is -0.364 e. The third kappa shape index (κ3) is 3.72. The molecule has 0 atom stereocenters. The van der Waals surface area contributed by atoms with Crippen LogP contribution in [0.25, 0.3) is 21.5 Å². The van der Waals surface area contributed by atoms with E-state index in [1.54, 1.807) is 0 Å². The van der Waals surface area contributed by atoms with Gasteiger partial charge in [0.15, 0.2) is 0 Å². The maximum absolute atomic E-state index is 3.94. The molecule has 0 heterocycles. The molecule has 0 aliphatic carbocycles. The van der Waals surface area contributed by atoms with E-state index in [2.05, 4.69) is 84.6 Å². The first-order valence-electron chi connectivity index (χ1n) is 9.63. The van der Waals surface area contributed by atoms with Crippen molar-refractivity contribution in [2.45, 2.75) is 0 Å². The Morgan fingerprint density at radius 1 is 0.536 bits per heavy atom. The lowest BCUT2D eigenvalue weighted by atomic mass is 9.97. The average Bonchev–Trinajstić information content (AvgIpc) is 2.72.